The van der Waals surface area contributed by atoms with Crippen molar-refractivity contribution in [1.82, 2.24) is 10.2 Å². The Labute approximate surface area is 122 Å². The molecule has 4 nitrogen and oxygen atoms in total. The molecule has 6 heteroatoms. The molecule has 1 heterocycles. The fourth-order valence-corrected chi connectivity index (χ4v) is 2.47. The Balaban J connectivity index is 1.97. The third-order valence-electron chi connectivity index (χ3n) is 2.89. The molecule has 0 saturated heterocycles. The van der Waals surface area contributed by atoms with Gasteiger partial charge in [0.2, 0.25) is 0 Å². The van der Waals surface area contributed by atoms with Gasteiger partial charge in [-0.3, -0.25) is 9.89 Å². The lowest BCUT2D eigenvalue weighted by Gasteiger charge is -2.06. The van der Waals surface area contributed by atoms with Crippen molar-refractivity contribution in [3.8, 4) is 0 Å². The second-order valence-electron chi connectivity index (χ2n) is 4.17. The van der Waals surface area contributed by atoms with Gasteiger partial charge in [0, 0.05) is 9.86 Å². The average molecular weight is 334 g/mol. The molecular formula is C14H9BrFN3O. The Morgan fingerprint density at radius 1 is 1.20 bits per heavy atom. The van der Waals surface area contributed by atoms with Crippen LogP contribution in [0.3, 0.4) is 0 Å². The molecule has 20 heavy (non-hydrogen) atoms. The van der Waals surface area contributed by atoms with Crippen molar-refractivity contribution in [2.24, 2.45) is 0 Å². The Hall–Kier alpha value is -2.21. The highest BCUT2D eigenvalue weighted by atomic mass is 79.9. The Kier molecular flexibility index (Phi) is 3.23. The summed E-state index contributed by atoms with van der Waals surface area (Å²) in [5.41, 5.74) is 0.759. The van der Waals surface area contributed by atoms with Gasteiger partial charge in [-0.05, 0) is 40.2 Å². The number of nitrogens with one attached hydrogen (secondary N) is 2. The zero-order valence-corrected chi connectivity index (χ0v) is 11.7. The standard InChI is InChI=1S/C14H9BrFN3O/c15-9-5-3-6-10(16)12(9)14(20)17-13-8-4-1-2-7-11(8)18-19-13/h1-7H,(H2,17,18,19,20). The molecule has 0 radical (unpaired) electrons. The van der Waals surface area contributed by atoms with E-state index in [1.54, 1.807) is 6.07 Å². The van der Waals surface area contributed by atoms with E-state index in [1.807, 2.05) is 24.3 Å². The summed E-state index contributed by atoms with van der Waals surface area (Å²) in [5, 5.41) is 10.2. The maximum Gasteiger partial charge on any atom is 0.261 e. The number of anilines is 1. The second-order valence-corrected chi connectivity index (χ2v) is 5.02. The SMILES string of the molecule is O=C(Nc1n[nH]c2ccccc12)c1c(F)cccc1Br. The number of H-pyrrole nitrogens is 1. The molecule has 3 aromatic rings. The smallest absolute Gasteiger partial charge is 0.261 e. The first-order valence-corrected chi connectivity index (χ1v) is 6.64. The number of halogens is 2. The van der Waals surface area contributed by atoms with E-state index in [1.165, 1.54) is 12.1 Å². The van der Waals surface area contributed by atoms with E-state index in [0.717, 1.165) is 10.9 Å². The van der Waals surface area contributed by atoms with Gasteiger partial charge < -0.3 is 5.32 Å². The van der Waals surface area contributed by atoms with Gasteiger partial charge in [-0.1, -0.05) is 18.2 Å². The summed E-state index contributed by atoms with van der Waals surface area (Å²) in [6.07, 6.45) is 0. The fourth-order valence-electron chi connectivity index (χ4n) is 1.94. The number of nitrogens with zero attached hydrogens (tertiary/aromatic N) is 1. The quantitative estimate of drug-likeness (QED) is 0.750. The van der Waals surface area contributed by atoms with Crippen molar-refractivity contribution >= 4 is 38.6 Å². The van der Waals surface area contributed by atoms with Crippen LogP contribution in [0.25, 0.3) is 10.9 Å². The van der Waals surface area contributed by atoms with Gasteiger partial charge >= 0.3 is 0 Å². The number of hydrogen-bond donors (Lipinski definition) is 2. The van der Waals surface area contributed by atoms with Gasteiger partial charge in [0.1, 0.15) is 5.82 Å². The van der Waals surface area contributed by atoms with Crippen LogP contribution < -0.4 is 5.32 Å². The van der Waals surface area contributed by atoms with E-state index < -0.39 is 11.7 Å². The monoisotopic (exact) mass is 333 g/mol. The van der Waals surface area contributed by atoms with Crippen molar-refractivity contribution < 1.29 is 9.18 Å². The lowest BCUT2D eigenvalue weighted by molar-refractivity contribution is 0.102. The maximum absolute atomic E-state index is 13.7. The summed E-state index contributed by atoms with van der Waals surface area (Å²) >= 11 is 3.17. The molecule has 0 spiro atoms. The normalized spacial score (nSPS) is 10.7. The van der Waals surface area contributed by atoms with Crippen LogP contribution in [0.15, 0.2) is 46.9 Å². The number of para-hydroxylation sites is 1. The minimum absolute atomic E-state index is 0.0421. The molecule has 0 aliphatic heterocycles. The van der Waals surface area contributed by atoms with Gasteiger partial charge in [-0.2, -0.15) is 5.10 Å². The third-order valence-corrected chi connectivity index (χ3v) is 3.55. The molecule has 0 bridgehead atoms. The Morgan fingerprint density at radius 3 is 2.80 bits per heavy atom. The number of carbonyl (C=O) groups excluding carboxylic acids is 1. The van der Waals surface area contributed by atoms with Crippen molar-refractivity contribution in [2.75, 3.05) is 5.32 Å². The third kappa shape index (κ3) is 2.18. The number of carbonyl (C=O) groups is 1. The van der Waals surface area contributed by atoms with Gasteiger partial charge in [-0.15, -0.1) is 0 Å². The maximum atomic E-state index is 13.7. The molecule has 1 amide bonds. The highest BCUT2D eigenvalue weighted by Crippen LogP contribution is 2.23. The number of aromatic nitrogens is 2. The number of hydrogen-bond acceptors (Lipinski definition) is 2. The number of amides is 1. The molecule has 0 atom stereocenters. The lowest BCUT2D eigenvalue weighted by Crippen LogP contribution is -2.15. The molecule has 3 rings (SSSR count). The van der Waals surface area contributed by atoms with Crippen LogP contribution in [0.1, 0.15) is 10.4 Å². The molecule has 0 unspecified atom stereocenters. The molecular weight excluding hydrogens is 325 g/mol. The van der Waals surface area contributed by atoms with Crippen LogP contribution >= 0.6 is 15.9 Å². The zero-order valence-electron chi connectivity index (χ0n) is 10.2. The average Bonchev–Trinajstić information content (AvgIpc) is 2.82. The number of aromatic amines is 1. The van der Waals surface area contributed by atoms with Crippen molar-refractivity contribution in [3.63, 3.8) is 0 Å². The minimum Gasteiger partial charge on any atom is -0.304 e. The zero-order chi connectivity index (χ0) is 14.1. The summed E-state index contributed by atoms with van der Waals surface area (Å²) in [7, 11) is 0. The highest BCUT2D eigenvalue weighted by Gasteiger charge is 2.17. The van der Waals surface area contributed by atoms with Crippen molar-refractivity contribution in [3.05, 3.63) is 58.3 Å². The van der Waals surface area contributed by atoms with Gasteiger partial charge in [0.25, 0.3) is 5.91 Å². The Bertz CT molecular complexity index is 780. The summed E-state index contributed by atoms with van der Waals surface area (Å²) < 4.78 is 14.1. The van der Waals surface area contributed by atoms with E-state index in [-0.39, 0.29) is 5.56 Å². The van der Waals surface area contributed by atoms with Gasteiger partial charge in [0.15, 0.2) is 5.82 Å². The highest BCUT2D eigenvalue weighted by molar-refractivity contribution is 9.10. The molecule has 0 aliphatic rings. The number of fused-ring (bicyclic) bond motifs is 1. The predicted octanol–water partition coefficient (Wildman–Crippen LogP) is 3.72. The molecule has 2 N–H and O–H groups in total. The first-order chi connectivity index (χ1) is 9.66. The van der Waals surface area contributed by atoms with Gasteiger partial charge in [-0.25, -0.2) is 4.39 Å². The van der Waals surface area contributed by atoms with Crippen LogP contribution in [-0.4, -0.2) is 16.1 Å². The van der Waals surface area contributed by atoms with Crippen LogP contribution in [0.2, 0.25) is 0 Å². The van der Waals surface area contributed by atoms with E-state index in [9.17, 15) is 9.18 Å². The molecule has 2 aromatic carbocycles. The van der Waals surface area contributed by atoms with Gasteiger partial charge in [0.05, 0.1) is 11.1 Å². The van der Waals surface area contributed by atoms with Crippen molar-refractivity contribution in [1.29, 1.82) is 0 Å². The predicted molar refractivity (Wildman–Crippen MR) is 78.1 cm³/mol. The van der Waals surface area contributed by atoms with Crippen LogP contribution in [0.4, 0.5) is 10.2 Å². The van der Waals surface area contributed by atoms with Crippen molar-refractivity contribution in [2.45, 2.75) is 0 Å². The molecule has 0 fully saturated rings. The largest absolute Gasteiger partial charge is 0.304 e. The van der Waals surface area contributed by atoms with E-state index in [4.69, 9.17) is 0 Å². The fraction of sp³-hybridized carbons (Fsp3) is 0. The van der Waals surface area contributed by atoms with Crippen LogP contribution in [0, 0.1) is 5.82 Å². The molecule has 100 valence electrons. The first kappa shape index (κ1) is 12.8. The lowest BCUT2D eigenvalue weighted by atomic mass is 10.2. The van der Waals surface area contributed by atoms with E-state index in [0.29, 0.717) is 10.3 Å². The second kappa shape index (κ2) is 5.05. The topological polar surface area (TPSA) is 57.8 Å². The summed E-state index contributed by atoms with van der Waals surface area (Å²) in [6, 6.07) is 11.7. The Morgan fingerprint density at radius 2 is 2.00 bits per heavy atom. The van der Waals surface area contributed by atoms with E-state index >= 15 is 0 Å². The number of benzene rings is 2. The minimum atomic E-state index is -0.586. The molecule has 0 aliphatic carbocycles. The number of rotatable bonds is 2. The summed E-state index contributed by atoms with van der Waals surface area (Å²) in [5.74, 6) is -0.760. The van der Waals surface area contributed by atoms with Crippen LogP contribution in [0.5, 0.6) is 0 Å². The van der Waals surface area contributed by atoms with Crippen LogP contribution in [-0.2, 0) is 0 Å². The summed E-state index contributed by atoms with van der Waals surface area (Å²) in [6.45, 7) is 0. The molecule has 0 saturated carbocycles. The first-order valence-electron chi connectivity index (χ1n) is 5.85. The van der Waals surface area contributed by atoms with E-state index in [2.05, 4.69) is 31.4 Å². The summed E-state index contributed by atoms with van der Waals surface area (Å²) in [4.78, 5) is 12.2. The molecule has 1 aromatic heterocycles.